The van der Waals surface area contributed by atoms with Gasteiger partial charge in [-0.25, -0.2) is 0 Å². The summed E-state index contributed by atoms with van der Waals surface area (Å²) in [5.41, 5.74) is 2.97. The highest BCUT2D eigenvalue weighted by atomic mass is 35.5. The zero-order valence-corrected chi connectivity index (χ0v) is 13.4. The number of benzene rings is 2. The molecule has 0 saturated heterocycles. The number of quaternary nitrogens is 1. The third kappa shape index (κ3) is 5.52. The molecule has 0 heterocycles. The lowest BCUT2D eigenvalue weighted by Crippen LogP contribution is -3.01. The summed E-state index contributed by atoms with van der Waals surface area (Å²) < 4.78 is 0. The smallest absolute Gasteiger partial charge is 0.241 e. The van der Waals surface area contributed by atoms with E-state index >= 15 is 0 Å². The minimum atomic E-state index is -0.992. The Morgan fingerprint density at radius 1 is 1.17 bits per heavy atom. The van der Waals surface area contributed by atoms with Gasteiger partial charge in [-0.1, -0.05) is 23.7 Å². The number of nitrogens with zero attached hydrogens (tertiary/aromatic N) is 1. The van der Waals surface area contributed by atoms with Crippen LogP contribution in [0.5, 0.6) is 11.5 Å². The molecule has 0 aliphatic rings. The summed E-state index contributed by atoms with van der Waals surface area (Å²) in [4.78, 5) is 10.1. The van der Waals surface area contributed by atoms with Crippen molar-refractivity contribution in [3.05, 3.63) is 52.5 Å². The van der Waals surface area contributed by atoms with Crippen LogP contribution in [-0.2, 0) is 0 Å². The third-order valence-electron chi connectivity index (χ3n) is 2.74. The van der Waals surface area contributed by atoms with Gasteiger partial charge in [0.05, 0.1) is 11.8 Å². The van der Waals surface area contributed by atoms with Gasteiger partial charge in [-0.15, -0.1) is 0 Å². The van der Waals surface area contributed by atoms with Gasteiger partial charge >= 0.3 is 0 Å². The van der Waals surface area contributed by atoms with Crippen molar-refractivity contribution in [1.29, 1.82) is 0 Å². The predicted octanol–water partition coefficient (Wildman–Crippen LogP) is 1.10. The lowest BCUT2D eigenvalue weighted by Gasteiger charge is -2.06. The lowest BCUT2D eigenvalue weighted by atomic mass is 10.2. The van der Waals surface area contributed by atoms with Crippen molar-refractivity contribution >= 4 is 29.8 Å². The molecule has 0 radical (unpaired) electrons. The summed E-state index contributed by atoms with van der Waals surface area (Å²) >= 11 is 5.72. The van der Waals surface area contributed by atoms with E-state index in [4.69, 9.17) is 27.1 Å². The second-order valence-corrected chi connectivity index (χ2v) is 4.81. The van der Waals surface area contributed by atoms with Crippen molar-refractivity contribution in [2.75, 3.05) is 7.05 Å². The van der Waals surface area contributed by atoms with E-state index in [-0.39, 0.29) is 27.8 Å². The van der Waals surface area contributed by atoms with Crippen LogP contribution in [0.15, 0.2) is 41.5 Å². The summed E-state index contributed by atoms with van der Waals surface area (Å²) in [5.74, 6) is -0.258. The van der Waals surface area contributed by atoms with Crippen molar-refractivity contribution in [3.63, 3.8) is 0 Å². The van der Waals surface area contributed by atoms with E-state index < -0.39 is 5.23 Å². The van der Waals surface area contributed by atoms with Crippen LogP contribution in [-0.4, -0.2) is 40.2 Å². The largest absolute Gasteiger partial charge is 0.507 e. The van der Waals surface area contributed by atoms with Crippen molar-refractivity contribution < 1.29 is 30.6 Å². The zero-order valence-electron chi connectivity index (χ0n) is 12.6. The van der Waals surface area contributed by atoms with Crippen molar-refractivity contribution in [1.82, 2.24) is 5.43 Å². The van der Waals surface area contributed by atoms with Crippen molar-refractivity contribution in [3.8, 4) is 11.5 Å². The molecule has 0 saturated carbocycles. The minimum Gasteiger partial charge on any atom is -0.507 e. The average Bonchev–Trinajstić information content (AvgIpc) is 2.56. The second kappa shape index (κ2) is 9.48. The molecule has 2 aromatic carbocycles. The molecule has 0 unspecified atom stereocenters. The van der Waals surface area contributed by atoms with Crippen LogP contribution < -0.4 is 10.7 Å². The standard InChI is InChI=1S/C8H10ClN3O3.C7H6O2/c1-10-11-4-5-2-6(9)3-7(8(5)13)12(14)15;8-5-6-3-1-2-4-7(6)9/h2-4,10,13-15H,1H3;1-5,9H/p+1/b11-4+;. The van der Waals surface area contributed by atoms with E-state index in [1.165, 1.54) is 24.4 Å². The van der Waals surface area contributed by atoms with Gasteiger partial charge in [-0.2, -0.15) is 15.5 Å². The molecule has 2 rings (SSSR count). The fourth-order valence-electron chi connectivity index (χ4n) is 1.61. The first-order valence-corrected chi connectivity index (χ1v) is 6.99. The van der Waals surface area contributed by atoms with Crippen LogP contribution in [0.25, 0.3) is 0 Å². The molecule has 8 nitrogen and oxygen atoms in total. The second-order valence-electron chi connectivity index (χ2n) is 4.37. The quantitative estimate of drug-likeness (QED) is 0.211. The van der Waals surface area contributed by atoms with Gasteiger partial charge in [-0.3, -0.25) is 4.79 Å². The predicted molar refractivity (Wildman–Crippen MR) is 87.5 cm³/mol. The van der Waals surface area contributed by atoms with Crippen LogP contribution in [0, 0.1) is 0 Å². The van der Waals surface area contributed by atoms with E-state index in [0.717, 1.165) is 0 Å². The van der Waals surface area contributed by atoms with Gasteiger partial charge in [-0.05, 0) is 23.4 Å². The first-order chi connectivity index (χ1) is 11.4. The molecular formula is C15H17ClN3O5+. The Hall–Kier alpha value is -2.65. The number of hydrazone groups is 1. The third-order valence-corrected chi connectivity index (χ3v) is 2.96. The molecule has 24 heavy (non-hydrogen) atoms. The van der Waals surface area contributed by atoms with E-state index in [0.29, 0.717) is 11.8 Å². The highest BCUT2D eigenvalue weighted by molar-refractivity contribution is 6.31. The van der Waals surface area contributed by atoms with Crippen LogP contribution in [0.2, 0.25) is 5.02 Å². The number of hydrogen-bond acceptors (Lipinski definition) is 7. The Morgan fingerprint density at radius 3 is 2.33 bits per heavy atom. The number of carbonyl (C=O) groups excluding carboxylic acids is 1. The summed E-state index contributed by atoms with van der Waals surface area (Å²) in [6.07, 6.45) is 1.93. The number of carbonyl (C=O) groups is 1. The van der Waals surface area contributed by atoms with Crippen molar-refractivity contribution in [2.45, 2.75) is 0 Å². The Bertz CT molecular complexity index is 722. The highest BCUT2D eigenvalue weighted by Crippen LogP contribution is 2.27. The lowest BCUT2D eigenvalue weighted by molar-refractivity contribution is -1.19. The number of nitrogens with one attached hydrogen (secondary N) is 2. The van der Waals surface area contributed by atoms with E-state index in [2.05, 4.69) is 10.5 Å². The Balaban J connectivity index is 0.000000272. The normalized spacial score (nSPS) is 10.4. The maximum absolute atomic E-state index is 10.1. The fourth-order valence-corrected chi connectivity index (χ4v) is 1.84. The minimum absolute atomic E-state index is 0.0347. The van der Waals surface area contributed by atoms with Gasteiger partial charge in [0.15, 0.2) is 12.0 Å². The summed E-state index contributed by atoms with van der Waals surface area (Å²) in [7, 11) is 1.59. The van der Waals surface area contributed by atoms with E-state index in [9.17, 15) is 9.90 Å². The SMILES string of the molecule is CN/N=C/c1cc(Cl)cc([NH+](O)O)c1O.O=Cc1ccccc1O. The van der Waals surface area contributed by atoms with E-state index in [1.807, 2.05) is 0 Å². The molecule has 0 aromatic heterocycles. The molecule has 0 bridgehead atoms. The molecule has 0 fully saturated rings. The van der Waals surface area contributed by atoms with Crippen LogP contribution in [0.4, 0.5) is 5.69 Å². The summed E-state index contributed by atoms with van der Waals surface area (Å²) in [5, 5.41) is 39.2. The van der Waals surface area contributed by atoms with Crippen LogP contribution in [0.3, 0.4) is 0 Å². The van der Waals surface area contributed by atoms with Crippen LogP contribution >= 0.6 is 11.6 Å². The van der Waals surface area contributed by atoms with E-state index in [1.54, 1.807) is 25.2 Å². The molecule has 0 amide bonds. The zero-order chi connectivity index (χ0) is 18.1. The topological polar surface area (TPSA) is 127 Å². The summed E-state index contributed by atoms with van der Waals surface area (Å²) in [6.45, 7) is 0. The Kier molecular flexibility index (Phi) is 7.66. The number of rotatable bonds is 4. The first-order valence-electron chi connectivity index (χ1n) is 6.61. The number of aldehydes is 1. The van der Waals surface area contributed by atoms with Crippen LogP contribution in [0.1, 0.15) is 15.9 Å². The van der Waals surface area contributed by atoms with Crippen molar-refractivity contribution in [2.24, 2.45) is 5.10 Å². The number of phenols is 2. The monoisotopic (exact) mass is 354 g/mol. The number of halogens is 1. The van der Waals surface area contributed by atoms with Gasteiger partial charge in [0, 0.05) is 23.7 Å². The molecule has 128 valence electrons. The molecule has 0 aliphatic carbocycles. The van der Waals surface area contributed by atoms with Gasteiger partial charge in [0.25, 0.3) is 0 Å². The molecule has 0 spiro atoms. The number of phenolic OH excluding ortho intramolecular Hbond substituents is 2. The Labute approximate surface area is 142 Å². The molecule has 0 atom stereocenters. The van der Waals surface area contributed by atoms with Gasteiger partial charge in [0.2, 0.25) is 5.69 Å². The molecular weight excluding hydrogens is 338 g/mol. The molecule has 6 N–H and O–H groups in total. The summed E-state index contributed by atoms with van der Waals surface area (Å²) in [6, 6.07) is 9.09. The molecule has 9 heteroatoms. The van der Waals surface area contributed by atoms with Gasteiger partial charge < -0.3 is 15.6 Å². The number of para-hydroxylation sites is 1. The molecule has 0 aliphatic heterocycles. The fraction of sp³-hybridized carbons (Fsp3) is 0.0667. The maximum atomic E-state index is 10.1. The Morgan fingerprint density at radius 2 is 1.83 bits per heavy atom. The average molecular weight is 355 g/mol. The number of hydrogen-bond donors (Lipinski definition) is 6. The van der Waals surface area contributed by atoms with Gasteiger partial charge in [0.1, 0.15) is 5.75 Å². The maximum Gasteiger partial charge on any atom is 0.241 e. The first kappa shape index (κ1) is 19.4. The highest BCUT2D eigenvalue weighted by Gasteiger charge is 2.17. The number of aromatic hydroxyl groups is 2. The molecule has 2 aromatic rings.